The molecule has 0 bridgehead atoms. The van der Waals surface area contributed by atoms with Crippen LogP contribution in [0.25, 0.3) is 0 Å². The van der Waals surface area contributed by atoms with Crippen LogP contribution in [0, 0.1) is 6.92 Å². The molecule has 20 heavy (non-hydrogen) atoms. The van der Waals surface area contributed by atoms with Crippen LogP contribution < -0.4 is 5.32 Å². The number of rotatable bonds is 3. The van der Waals surface area contributed by atoms with Gasteiger partial charge >= 0.3 is 0 Å². The SMILES string of the molecule is Cc1cc(CN2CCNCC2c2ccncc2)sc1Br. The summed E-state index contributed by atoms with van der Waals surface area (Å²) >= 11 is 5.47. The van der Waals surface area contributed by atoms with Crippen molar-refractivity contribution in [2.45, 2.75) is 19.5 Å². The molecule has 0 radical (unpaired) electrons. The van der Waals surface area contributed by atoms with Crippen molar-refractivity contribution in [3.63, 3.8) is 0 Å². The fourth-order valence-corrected chi connectivity index (χ4v) is 4.31. The first-order valence-corrected chi connectivity index (χ1v) is 8.44. The van der Waals surface area contributed by atoms with Crippen LogP contribution in [-0.2, 0) is 6.54 Å². The van der Waals surface area contributed by atoms with Gasteiger partial charge in [0, 0.05) is 49.5 Å². The molecule has 1 N–H and O–H groups in total. The summed E-state index contributed by atoms with van der Waals surface area (Å²) in [4.78, 5) is 8.11. The lowest BCUT2D eigenvalue weighted by Crippen LogP contribution is -2.45. The summed E-state index contributed by atoms with van der Waals surface area (Å²) in [6.45, 7) is 6.33. The van der Waals surface area contributed by atoms with Crippen molar-refractivity contribution in [1.29, 1.82) is 0 Å². The van der Waals surface area contributed by atoms with Crippen molar-refractivity contribution in [3.8, 4) is 0 Å². The smallest absolute Gasteiger partial charge is 0.0730 e. The van der Waals surface area contributed by atoms with E-state index >= 15 is 0 Å². The predicted octanol–water partition coefficient (Wildman–Crippen LogP) is 3.36. The Balaban J connectivity index is 1.79. The highest BCUT2D eigenvalue weighted by Gasteiger charge is 2.24. The fourth-order valence-electron chi connectivity index (χ4n) is 2.65. The van der Waals surface area contributed by atoms with E-state index in [-0.39, 0.29) is 0 Å². The third-order valence-corrected chi connectivity index (χ3v) is 5.83. The lowest BCUT2D eigenvalue weighted by atomic mass is 10.0. The van der Waals surface area contributed by atoms with E-state index in [1.165, 1.54) is 19.8 Å². The standard InChI is InChI=1S/C15H18BrN3S/c1-11-8-13(20-15(11)16)10-19-7-6-18-9-14(19)12-2-4-17-5-3-12/h2-5,8,14,18H,6-7,9-10H2,1H3. The van der Waals surface area contributed by atoms with Crippen LogP contribution in [0.2, 0.25) is 0 Å². The Kier molecular flexibility index (Phi) is 4.51. The minimum atomic E-state index is 0.438. The Bertz CT molecular complexity index is 550. The first-order valence-electron chi connectivity index (χ1n) is 6.83. The molecule has 0 aliphatic carbocycles. The van der Waals surface area contributed by atoms with E-state index in [0.717, 1.165) is 26.2 Å². The molecular formula is C15H18BrN3S. The number of piperazine rings is 1. The number of hydrogen-bond acceptors (Lipinski definition) is 4. The molecule has 1 aliphatic rings. The number of aryl methyl sites for hydroxylation is 1. The third kappa shape index (κ3) is 3.11. The maximum Gasteiger partial charge on any atom is 0.0730 e. The van der Waals surface area contributed by atoms with Gasteiger partial charge in [-0.1, -0.05) is 0 Å². The zero-order valence-corrected chi connectivity index (χ0v) is 13.9. The molecule has 3 nitrogen and oxygen atoms in total. The third-order valence-electron chi connectivity index (χ3n) is 3.71. The molecule has 1 atom stereocenters. The summed E-state index contributed by atoms with van der Waals surface area (Å²) < 4.78 is 1.25. The Morgan fingerprint density at radius 1 is 1.45 bits per heavy atom. The zero-order chi connectivity index (χ0) is 13.9. The van der Waals surface area contributed by atoms with Gasteiger partial charge in [0.2, 0.25) is 0 Å². The number of thiophene rings is 1. The van der Waals surface area contributed by atoms with Crippen LogP contribution >= 0.6 is 27.3 Å². The first kappa shape index (κ1) is 14.2. The van der Waals surface area contributed by atoms with Gasteiger partial charge in [0.15, 0.2) is 0 Å². The minimum Gasteiger partial charge on any atom is -0.314 e. The summed E-state index contributed by atoms with van der Waals surface area (Å²) in [6.07, 6.45) is 3.77. The van der Waals surface area contributed by atoms with Gasteiger partial charge < -0.3 is 5.32 Å². The molecule has 0 aromatic carbocycles. The molecule has 2 aromatic rings. The highest BCUT2D eigenvalue weighted by molar-refractivity contribution is 9.11. The molecule has 5 heteroatoms. The zero-order valence-electron chi connectivity index (χ0n) is 11.5. The second-order valence-corrected chi connectivity index (χ2v) is 7.60. The summed E-state index contributed by atoms with van der Waals surface area (Å²) in [5.74, 6) is 0. The number of aromatic nitrogens is 1. The van der Waals surface area contributed by atoms with Gasteiger partial charge in [-0.2, -0.15) is 0 Å². The maximum atomic E-state index is 4.12. The van der Waals surface area contributed by atoms with E-state index in [9.17, 15) is 0 Å². The van der Waals surface area contributed by atoms with E-state index in [0.29, 0.717) is 6.04 Å². The largest absolute Gasteiger partial charge is 0.314 e. The molecule has 1 fully saturated rings. The summed E-state index contributed by atoms with van der Waals surface area (Å²) in [7, 11) is 0. The van der Waals surface area contributed by atoms with Gasteiger partial charge in [-0.05, 0) is 52.2 Å². The Labute approximate surface area is 132 Å². The van der Waals surface area contributed by atoms with Crippen LogP contribution in [0.1, 0.15) is 22.0 Å². The number of hydrogen-bond donors (Lipinski definition) is 1. The Morgan fingerprint density at radius 2 is 2.25 bits per heavy atom. The van der Waals surface area contributed by atoms with Crippen molar-refractivity contribution in [1.82, 2.24) is 15.2 Å². The Hall–Kier alpha value is -0.750. The molecule has 0 spiro atoms. The topological polar surface area (TPSA) is 28.2 Å². The second-order valence-electron chi connectivity index (χ2n) is 5.14. The van der Waals surface area contributed by atoms with Crippen LogP contribution in [0.4, 0.5) is 0 Å². The average molecular weight is 352 g/mol. The Morgan fingerprint density at radius 3 is 2.95 bits per heavy atom. The van der Waals surface area contributed by atoms with Gasteiger partial charge in [-0.25, -0.2) is 0 Å². The van der Waals surface area contributed by atoms with Gasteiger partial charge in [0.05, 0.1) is 3.79 Å². The van der Waals surface area contributed by atoms with Crippen LogP contribution in [0.5, 0.6) is 0 Å². The van der Waals surface area contributed by atoms with Crippen molar-refractivity contribution in [3.05, 3.63) is 50.4 Å². The molecule has 1 unspecified atom stereocenters. The molecule has 0 amide bonds. The molecule has 1 aliphatic heterocycles. The quantitative estimate of drug-likeness (QED) is 0.918. The normalized spacial score (nSPS) is 20.2. The van der Waals surface area contributed by atoms with Crippen LogP contribution in [0.15, 0.2) is 34.4 Å². The van der Waals surface area contributed by atoms with Crippen molar-refractivity contribution in [2.24, 2.45) is 0 Å². The minimum absolute atomic E-state index is 0.438. The predicted molar refractivity (Wildman–Crippen MR) is 87.0 cm³/mol. The van der Waals surface area contributed by atoms with Gasteiger partial charge in [-0.3, -0.25) is 9.88 Å². The monoisotopic (exact) mass is 351 g/mol. The second kappa shape index (κ2) is 6.35. The number of nitrogens with one attached hydrogen (secondary N) is 1. The molecule has 0 saturated carbocycles. The summed E-state index contributed by atoms with van der Waals surface area (Å²) in [5.41, 5.74) is 2.68. The molecule has 1 saturated heterocycles. The number of nitrogens with zero attached hydrogens (tertiary/aromatic N) is 2. The molecular weight excluding hydrogens is 334 g/mol. The van der Waals surface area contributed by atoms with Crippen LogP contribution in [-0.4, -0.2) is 29.5 Å². The molecule has 3 rings (SSSR count). The van der Waals surface area contributed by atoms with E-state index < -0.39 is 0 Å². The summed E-state index contributed by atoms with van der Waals surface area (Å²) in [5, 5.41) is 3.50. The van der Waals surface area contributed by atoms with E-state index in [1.54, 1.807) is 0 Å². The lowest BCUT2D eigenvalue weighted by molar-refractivity contribution is 0.155. The molecule has 106 valence electrons. The van der Waals surface area contributed by atoms with E-state index in [4.69, 9.17) is 0 Å². The first-order chi connectivity index (χ1) is 9.74. The van der Waals surface area contributed by atoms with Gasteiger partial charge in [0.1, 0.15) is 0 Å². The van der Waals surface area contributed by atoms with Crippen molar-refractivity contribution < 1.29 is 0 Å². The maximum absolute atomic E-state index is 4.12. The van der Waals surface area contributed by atoms with Crippen LogP contribution in [0.3, 0.4) is 0 Å². The van der Waals surface area contributed by atoms with E-state index in [1.807, 2.05) is 23.7 Å². The average Bonchev–Trinajstić information content (AvgIpc) is 2.79. The highest BCUT2D eigenvalue weighted by Crippen LogP contribution is 2.31. The van der Waals surface area contributed by atoms with Gasteiger partial charge in [-0.15, -0.1) is 11.3 Å². The number of pyridine rings is 1. The lowest BCUT2D eigenvalue weighted by Gasteiger charge is -2.36. The number of halogens is 1. The summed E-state index contributed by atoms with van der Waals surface area (Å²) in [6, 6.07) is 6.98. The van der Waals surface area contributed by atoms with Crippen molar-refractivity contribution in [2.75, 3.05) is 19.6 Å². The highest BCUT2D eigenvalue weighted by atomic mass is 79.9. The van der Waals surface area contributed by atoms with Crippen molar-refractivity contribution >= 4 is 27.3 Å². The van der Waals surface area contributed by atoms with Gasteiger partial charge in [0.25, 0.3) is 0 Å². The molecule has 3 heterocycles. The molecule has 2 aromatic heterocycles. The fraction of sp³-hybridized carbons (Fsp3) is 0.400. The van der Waals surface area contributed by atoms with E-state index in [2.05, 4.69) is 56.3 Å².